The molecule has 126 valence electrons. The molecule has 0 N–H and O–H groups in total. The van der Waals surface area contributed by atoms with Gasteiger partial charge >= 0.3 is 0 Å². The molecule has 0 fully saturated rings. The minimum atomic E-state index is -0.620. The lowest BCUT2D eigenvalue weighted by Crippen LogP contribution is -2.40. The van der Waals surface area contributed by atoms with Gasteiger partial charge in [-0.15, -0.1) is 0 Å². The van der Waals surface area contributed by atoms with Gasteiger partial charge in [-0.05, 0) is 36.8 Å². The van der Waals surface area contributed by atoms with Crippen molar-refractivity contribution in [3.05, 3.63) is 73.8 Å². The summed E-state index contributed by atoms with van der Waals surface area (Å²) >= 11 is 11.8. The maximum atomic E-state index is 14.2. The molecule has 1 aromatic heterocycles. The summed E-state index contributed by atoms with van der Waals surface area (Å²) in [5.74, 6) is -1.31. The highest BCUT2D eigenvalue weighted by molar-refractivity contribution is 6.34. The van der Waals surface area contributed by atoms with E-state index in [2.05, 4.69) is 0 Å². The number of anilines is 1. The number of rotatable bonds is 1. The molecule has 0 radical (unpaired) electrons. The summed E-state index contributed by atoms with van der Waals surface area (Å²) in [6.45, 7) is 0.168. The largest absolute Gasteiger partial charge is 0.449 e. The van der Waals surface area contributed by atoms with Crippen LogP contribution < -0.4 is 10.3 Å². The van der Waals surface area contributed by atoms with Gasteiger partial charge in [0, 0.05) is 11.6 Å². The molecule has 0 saturated carbocycles. The first-order valence-corrected chi connectivity index (χ1v) is 8.24. The fourth-order valence-corrected chi connectivity index (χ4v) is 3.37. The Labute approximate surface area is 151 Å². The van der Waals surface area contributed by atoms with Crippen LogP contribution in [0.1, 0.15) is 16.1 Å². The highest BCUT2D eigenvalue weighted by atomic mass is 35.5. The number of nitrogens with zero attached hydrogens (tertiary/aromatic N) is 1. The molecule has 1 aliphatic heterocycles. The van der Waals surface area contributed by atoms with Crippen LogP contribution in [0.15, 0.2) is 45.6 Å². The molecule has 0 saturated heterocycles. The van der Waals surface area contributed by atoms with E-state index in [0.717, 1.165) is 6.07 Å². The highest BCUT2D eigenvalue weighted by Gasteiger charge is 2.32. The van der Waals surface area contributed by atoms with Gasteiger partial charge in [0.25, 0.3) is 5.91 Å². The molecule has 4 nitrogen and oxygen atoms in total. The van der Waals surface area contributed by atoms with E-state index < -0.39 is 11.7 Å². The number of fused-ring (bicyclic) bond motifs is 2. The first kappa shape index (κ1) is 16.1. The Bertz CT molecular complexity index is 1090. The zero-order valence-corrected chi connectivity index (χ0v) is 14.2. The van der Waals surface area contributed by atoms with Crippen LogP contribution in [-0.4, -0.2) is 12.5 Å². The fraction of sp³-hybridized carbons (Fsp3) is 0.111. The van der Waals surface area contributed by atoms with Crippen molar-refractivity contribution in [3.8, 4) is 0 Å². The molecule has 0 aliphatic carbocycles. The summed E-state index contributed by atoms with van der Waals surface area (Å²) < 4.78 is 19.8. The van der Waals surface area contributed by atoms with Gasteiger partial charge in [0.05, 0.1) is 21.7 Å². The van der Waals surface area contributed by atoms with E-state index in [-0.39, 0.29) is 51.0 Å². The summed E-state index contributed by atoms with van der Waals surface area (Å²) in [7, 11) is 0. The quantitative estimate of drug-likeness (QED) is 0.629. The van der Waals surface area contributed by atoms with Crippen molar-refractivity contribution in [1.82, 2.24) is 0 Å². The smallest absolute Gasteiger partial charge is 0.294 e. The second-order valence-corrected chi connectivity index (χ2v) is 6.50. The Kier molecular flexibility index (Phi) is 3.78. The second-order valence-electron chi connectivity index (χ2n) is 5.66. The first-order chi connectivity index (χ1) is 12.0. The lowest BCUT2D eigenvalue weighted by atomic mass is 10.0. The van der Waals surface area contributed by atoms with Crippen LogP contribution in [0.25, 0.3) is 11.0 Å². The van der Waals surface area contributed by atoms with Gasteiger partial charge in [-0.3, -0.25) is 9.59 Å². The van der Waals surface area contributed by atoms with Gasteiger partial charge in [0.1, 0.15) is 5.82 Å². The molecule has 25 heavy (non-hydrogen) atoms. The molecule has 1 aliphatic rings. The van der Waals surface area contributed by atoms with Gasteiger partial charge < -0.3 is 9.32 Å². The number of hydrogen-bond acceptors (Lipinski definition) is 3. The van der Waals surface area contributed by atoms with Gasteiger partial charge in [0.15, 0.2) is 16.8 Å². The normalized spacial score (nSPS) is 14.0. The summed E-state index contributed by atoms with van der Waals surface area (Å²) in [5.41, 5.74) is 0.232. The van der Waals surface area contributed by atoms with Crippen molar-refractivity contribution in [1.29, 1.82) is 0 Å². The zero-order chi connectivity index (χ0) is 17.7. The number of hydrogen-bond donors (Lipinski definition) is 0. The molecule has 3 aromatic rings. The molecule has 0 spiro atoms. The Balaban J connectivity index is 1.89. The summed E-state index contributed by atoms with van der Waals surface area (Å²) in [5, 5.41) is 0.792. The molecular weight excluding hydrogens is 368 g/mol. The predicted molar refractivity (Wildman–Crippen MR) is 94.3 cm³/mol. The lowest BCUT2D eigenvalue weighted by molar-refractivity contribution is 0.0951. The van der Waals surface area contributed by atoms with Crippen molar-refractivity contribution in [2.45, 2.75) is 6.42 Å². The predicted octanol–water partition coefficient (Wildman–Crippen LogP) is 4.44. The summed E-state index contributed by atoms with van der Waals surface area (Å²) in [6, 6.07) is 8.87. The lowest BCUT2D eigenvalue weighted by Gasteiger charge is -2.27. The molecule has 7 heteroatoms. The van der Waals surface area contributed by atoms with Crippen molar-refractivity contribution < 1.29 is 13.6 Å². The number of halogens is 3. The van der Waals surface area contributed by atoms with Gasteiger partial charge in [-0.25, -0.2) is 4.39 Å². The summed E-state index contributed by atoms with van der Waals surface area (Å²) in [6.07, 6.45) is 0.258. The van der Waals surface area contributed by atoms with E-state index >= 15 is 0 Å². The second kappa shape index (κ2) is 5.86. The Morgan fingerprint density at radius 2 is 1.92 bits per heavy atom. The maximum Gasteiger partial charge on any atom is 0.294 e. The number of amides is 1. The van der Waals surface area contributed by atoms with Crippen molar-refractivity contribution in [2.24, 2.45) is 0 Å². The third kappa shape index (κ3) is 2.51. The molecular formula is C18H10Cl2FNO3. The average molecular weight is 378 g/mol. The van der Waals surface area contributed by atoms with E-state index in [9.17, 15) is 14.0 Å². The van der Waals surface area contributed by atoms with Crippen LogP contribution in [0.2, 0.25) is 10.0 Å². The van der Waals surface area contributed by atoms with Crippen molar-refractivity contribution in [3.63, 3.8) is 0 Å². The number of carbonyl (C=O) groups excluding carboxylic acids is 1. The van der Waals surface area contributed by atoms with E-state index in [4.69, 9.17) is 27.6 Å². The molecule has 0 unspecified atom stereocenters. The van der Waals surface area contributed by atoms with Crippen molar-refractivity contribution >= 4 is 45.8 Å². The number of para-hydroxylation sites is 1. The van der Waals surface area contributed by atoms with Crippen LogP contribution in [0.5, 0.6) is 0 Å². The molecule has 0 atom stereocenters. The molecule has 4 rings (SSSR count). The topological polar surface area (TPSA) is 50.5 Å². The third-order valence-corrected chi connectivity index (χ3v) is 4.72. The van der Waals surface area contributed by atoms with Crippen LogP contribution in [-0.2, 0) is 6.42 Å². The van der Waals surface area contributed by atoms with E-state index in [1.54, 1.807) is 18.2 Å². The Morgan fingerprint density at radius 1 is 1.12 bits per heavy atom. The molecule has 2 heterocycles. The average Bonchev–Trinajstić information content (AvgIpc) is 2.58. The highest BCUT2D eigenvalue weighted by Crippen LogP contribution is 2.30. The third-order valence-electron chi connectivity index (χ3n) is 4.19. The van der Waals surface area contributed by atoms with Crippen LogP contribution in [0, 0.1) is 5.82 Å². The summed E-state index contributed by atoms with van der Waals surface area (Å²) in [4.78, 5) is 26.7. The minimum Gasteiger partial charge on any atom is -0.449 e. The fourth-order valence-electron chi connectivity index (χ4n) is 3.00. The van der Waals surface area contributed by atoms with Crippen LogP contribution in [0.4, 0.5) is 10.1 Å². The monoisotopic (exact) mass is 377 g/mol. The molecule has 0 bridgehead atoms. The molecule has 2 aromatic carbocycles. The van der Waals surface area contributed by atoms with Gasteiger partial charge in [0.2, 0.25) is 0 Å². The van der Waals surface area contributed by atoms with E-state index in [1.165, 1.54) is 17.0 Å². The first-order valence-electron chi connectivity index (χ1n) is 7.48. The Hall–Kier alpha value is -2.37. The standard InChI is InChI=1S/C18H10Cl2FNO3/c19-9-4-5-14(13(21)8-9)22-7-6-11-15(23)10-2-1-3-12(20)16(10)25-17(11)18(22)24/h1-5,8H,6-7H2. The Morgan fingerprint density at radius 3 is 2.68 bits per heavy atom. The van der Waals surface area contributed by atoms with E-state index in [0.29, 0.717) is 5.39 Å². The van der Waals surface area contributed by atoms with Crippen molar-refractivity contribution in [2.75, 3.05) is 11.4 Å². The maximum absolute atomic E-state index is 14.2. The molecule has 1 amide bonds. The van der Waals surface area contributed by atoms with Crippen LogP contribution in [0.3, 0.4) is 0 Å². The number of carbonyl (C=O) groups is 1. The minimum absolute atomic E-state index is 0.0851. The van der Waals surface area contributed by atoms with Crippen LogP contribution >= 0.6 is 23.2 Å². The van der Waals surface area contributed by atoms with Gasteiger partial charge in [-0.1, -0.05) is 29.3 Å². The van der Waals surface area contributed by atoms with E-state index in [1.807, 2.05) is 0 Å². The number of benzene rings is 2. The van der Waals surface area contributed by atoms with Gasteiger partial charge in [-0.2, -0.15) is 0 Å². The SMILES string of the molecule is O=C1c2oc3c(Cl)cccc3c(=O)c2CCN1c1ccc(Cl)cc1F. The zero-order valence-electron chi connectivity index (χ0n) is 12.7.